The average Bonchev–Trinajstić information content (AvgIpc) is 2.57. The summed E-state index contributed by atoms with van der Waals surface area (Å²) < 4.78 is 1.65. The molecule has 0 aliphatic carbocycles. The molecule has 6 nitrogen and oxygen atoms in total. The number of carbonyl (C=O) groups is 1. The van der Waals surface area contributed by atoms with Gasteiger partial charge < -0.3 is 10.4 Å². The van der Waals surface area contributed by atoms with Crippen LogP contribution in [0.25, 0.3) is 0 Å². The van der Waals surface area contributed by atoms with Gasteiger partial charge in [-0.2, -0.15) is 5.10 Å². The van der Waals surface area contributed by atoms with Crippen LogP contribution in [0.1, 0.15) is 18.5 Å². The predicted octanol–water partition coefficient (Wildman–Crippen LogP) is 0.124. The van der Waals surface area contributed by atoms with Crippen LogP contribution in [0.15, 0.2) is 6.07 Å². The van der Waals surface area contributed by atoms with Crippen molar-refractivity contribution in [3.63, 3.8) is 0 Å². The predicted molar refractivity (Wildman–Crippen MR) is 68.3 cm³/mol. The maximum absolute atomic E-state index is 11.9. The molecule has 0 radical (unpaired) electrons. The van der Waals surface area contributed by atoms with E-state index in [1.807, 2.05) is 17.9 Å². The van der Waals surface area contributed by atoms with E-state index in [1.54, 1.807) is 11.7 Å². The third-order valence-electron chi connectivity index (χ3n) is 3.12. The molecule has 6 heteroatoms. The van der Waals surface area contributed by atoms with Crippen molar-refractivity contribution in [3.05, 3.63) is 11.8 Å². The van der Waals surface area contributed by atoms with Crippen LogP contribution in [-0.2, 0) is 11.8 Å². The zero-order valence-corrected chi connectivity index (χ0v) is 10.9. The lowest BCUT2D eigenvalue weighted by molar-refractivity contribution is -0.118. The van der Waals surface area contributed by atoms with Crippen molar-refractivity contribution in [3.8, 4) is 0 Å². The van der Waals surface area contributed by atoms with Crippen molar-refractivity contribution < 1.29 is 9.90 Å². The summed E-state index contributed by atoms with van der Waals surface area (Å²) in [5.41, 5.74) is 0.876. The number of amides is 1. The van der Waals surface area contributed by atoms with Crippen LogP contribution in [-0.4, -0.2) is 51.4 Å². The van der Waals surface area contributed by atoms with Crippen molar-refractivity contribution >= 4 is 11.7 Å². The fourth-order valence-electron chi connectivity index (χ4n) is 2.29. The van der Waals surface area contributed by atoms with Crippen LogP contribution in [0, 0.1) is 6.92 Å². The van der Waals surface area contributed by atoms with Crippen molar-refractivity contribution in [2.75, 3.05) is 25.0 Å². The number of rotatable bonds is 3. The summed E-state index contributed by atoms with van der Waals surface area (Å²) in [4.78, 5) is 13.9. The molecule has 1 aliphatic heterocycles. The quantitative estimate of drug-likeness (QED) is 0.802. The van der Waals surface area contributed by atoms with Gasteiger partial charge in [0.2, 0.25) is 5.91 Å². The molecule has 1 amide bonds. The van der Waals surface area contributed by atoms with Gasteiger partial charge in [0.25, 0.3) is 0 Å². The Kier molecular flexibility index (Phi) is 3.98. The molecule has 100 valence electrons. The monoisotopic (exact) mass is 252 g/mol. The molecule has 1 fully saturated rings. The molecule has 1 aromatic rings. The fourth-order valence-corrected chi connectivity index (χ4v) is 2.29. The van der Waals surface area contributed by atoms with E-state index in [0.29, 0.717) is 18.9 Å². The Balaban J connectivity index is 1.86. The molecule has 2 heterocycles. The van der Waals surface area contributed by atoms with Gasteiger partial charge in [-0.05, 0) is 26.3 Å². The first-order valence-electron chi connectivity index (χ1n) is 6.25. The lowest BCUT2D eigenvalue weighted by Gasteiger charge is -2.29. The molecule has 18 heavy (non-hydrogen) atoms. The first kappa shape index (κ1) is 13.0. The van der Waals surface area contributed by atoms with E-state index in [-0.39, 0.29) is 12.0 Å². The molecule has 0 saturated carbocycles. The van der Waals surface area contributed by atoms with Gasteiger partial charge in [-0.1, -0.05) is 0 Å². The largest absolute Gasteiger partial charge is 0.392 e. The van der Waals surface area contributed by atoms with Gasteiger partial charge in [-0.3, -0.25) is 14.4 Å². The average molecular weight is 252 g/mol. The number of piperidine rings is 1. The van der Waals surface area contributed by atoms with E-state index < -0.39 is 0 Å². The summed E-state index contributed by atoms with van der Waals surface area (Å²) in [7, 11) is 1.80. The number of nitrogens with zero attached hydrogens (tertiary/aromatic N) is 3. The van der Waals surface area contributed by atoms with Crippen LogP contribution in [0.5, 0.6) is 0 Å². The number of nitrogens with one attached hydrogen (secondary N) is 1. The van der Waals surface area contributed by atoms with Gasteiger partial charge in [0.05, 0.1) is 18.3 Å². The highest BCUT2D eigenvalue weighted by molar-refractivity contribution is 5.91. The zero-order chi connectivity index (χ0) is 13.1. The molecule has 0 bridgehead atoms. The van der Waals surface area contributed by atoms with Gasteiger partial charge in [0, 0.05) is 19.7 Å². The van der Waals surface area contributed by atoms with Gasteiger partial charge >= 0.3 is 0 Å². The summed E-state index contributed by atoms with van der Waals surface area (Å²) in [6, 6.07) is 1.84. The van der Waals surface area contributed by atoms with Gasteiger partial charge in [-0.15, -0.1) is 0 Å². The summed E-state index contributed by atoms with van der Waals surface area (Å²) in [5, 5.41) is 16.5. The minimum Gasteiger partial charge on any atom is -0.392 e. The molecule has 1 aromatic heterocycles. The molecule has 0 spiro atoms. The second kappa shape index (κ2) is 5.49. The second-order valence-electron chi connectivity index (χ2n) is 4.87. The van der Waals surface area contributed by atoms with Crippen molar-refractivity contribution in [1.82, 2.24) is 14.7 Å². The Morgan fingerprint density at radius 2 is 2.44 bits per heavy atom. The summed E-state index contributed by atoms with van der Waals surface area (Å²) in [5.74, 6) is 0.641. The SMILES string of the molecule is Cc1cc(NC(=O)CN2CCCC(O)C2)n(C)n1. The van der Waals surface area contributed by atoms with E-state index in [1.165, 1.54) is 0 Å². The maximum Gasteiger partial charge on any atom is 0.239 e. The lowest BCUT2D eigenvalue weighted by atomic mass is 10.1. The van der Waals surface area contributed by atoms with Crippen LogP contribution in [0.2, 0.25) is 0 Å². The van der Waals surface area contributed by atoms with Gasteiger partial charge in [-0.25, -0.2) is 0 Å². The number of hydrogen-bond acceptors (Lipinski definition) is 4. The number of β-amino-alcohol motifs (C(OH)–C–C–N with tert-alkyl or cyclic N) is 1. The van der Waals surface area contributed by atoms with Crippen molar-refractivity contribution in [2.24, 2.45) is 7.05 Å². The normalized spacial score (nSPS) is 20.9. The topological polar surface area (TPSA) is 70.4 Å². The number of carbonyl (C=O) groups excluding carboxylic acids is 1. The van der Waals surface area contributed by atoms with Gasteiger partial charge in [0.1, 0.15) is 5.82 Å². The lowest BCUT2D eigenvalue weighted by Crippen LogP contribution is -2.42. The fraction of sp³-hybridized carbons (Fsp3) is 0.667. The Hall–Kier alpha value is -1.40. The first-order chi connectivity index (χ1) is 8.54. The number of likely N-dealkylation sites (tertiary alicyclic amines) is 1. The number of aryl methyl sites for hydroxylation is 2. The maximum atomic E-state index is 11.9. The smallest absolute Gasteiger partial charge is 0.239 e. The number of aliphatic hydroxyl groups is 1. The summed E-state index contributed by atoms with van der Waals surface area (Å²) in [6.45, 7) is 3.66. The highest BCUT2D eigenvalue weighted by Gasteiger charge is 2.20. The van der Waals surface area contributed by atoms with E-state index >= 15 is 0 Å². The van der Waals surface area contributed by atoms with Crippen LogP contribution in [0.3, 0.4) is 0 Å². The minimum atomic E-state index is -0.300. The van der Waals surface area contributed by atoms with Crippen molar-refractivity contribution in [1.29, 1.82) is 0 Å². The third-order valence-corrected chi connectivity index (χ3v) is 3.12. The van der Waals surface area contributed by atoms with Gasteiger partial charge in [0.15, 0.2) is 0 Å². The van der Waals surface area contributed by atoms with E-state index in [2.05, 4.69) is 10.4 Å². The van der Waals surface area contributed by atoms with E-state index in [9.17, 15) is 9.90 Å². The Labute approximate surface area is 107 Å². The third kappa shape index (κ3) is 3.30. The Bertz CT molecular complexity index is 430. The minimum absolute atomic E-state index is 0.0629. The zero-order valence-electron chi connectivity index (χ0n) is 10.9. The molecular weight excluding hydrogens is 232 g/mol. The Morgan fingerprint density at radius 3 is 3.06 bits per heavy atom. The molecule has 1 aliphatic rings. The molecule has 0 aromatic carbocycles. The number of anilines is 1. The Morgan fingerprint density at radius 1 is 1.67 bits per heavy atom. The molecule has 1 unspecified atom stereocenters. The van der Waals surface area contributed by atoms with Crippen LogP contribution < -0.4 is 5.32 Å². The van der Waals surface area contributed by atoms with E-state index in [4.69, 9.17) is 0 Å². The van der Waals surface area contributed by atoms with Crippen LogP contribution >= 0.6 is 0 Å². The molecule has 1 saturated heterocycles. The van der Waals surface area contributed by atoms with Crippen molar-refractivity contribution in [2.45, 2.75) is 25.9 Å². The number of hydrogen-bond donors (Lipinski definition) is 2. The first-order valence-corrected chi connectivity index (χ1v) is 6.25. The molecule has 1 atom stereocenters. The number of aromatic nitrogens is 2. The molecule has 2 N–H and O–H groups in total. The summed E-state index contributed by atoms with van der Waals surface area (Å²) >= 11 is 0. The van der Waals surface area contributed by atoms with Crippen LogP contribution in [0.4, 0.5) is 5.82 Å². The van der Waals surface area contributed by atoms with E-state index in [0.717, 1.165) is 25.1 Å². The molecular formula is C12H20N4O2. The highest BCUT2D eigenvalue weighted by Crippen LogP contribution is 2.11. The number of aliphatic hydroxyl groups excluding tert-OH is 1. The second-order valence-corrected chi connectivity index (χ2v) is 4.87. The highest BCUT2D eigenvalue weighted by atomic mass is 16.3. The molecule has 2 rings (SSSR count). The standard InChI is InChI=1S/C12H20N4O2/c1-9-6-11(15(2)14-9)13-12(18)8-16-5-3-4-10(17)7-16/h6,10,17H,3-5,7-8H2,1-2H3,(H,13,18). The summed E-state index contributed by atoms with van der Waals surface area (Å²) in [6.07, 6.45) is 1.48.